The number of carboxylic acids is 1. The number of hydrogen-bond acceptors (Lipinski definition) is 4. The number of carbonyl (C=O) groups is 2. The third kappa shape index (κ3) is 4.94. The van der Waals surface area contributed by atoms with Crippen molar-refractivity contribution < 1.29 is 19.8 Å². The molecule has 0 saturated heterocycles. The number of carbonyl (C=O) groups excluding carboxylic acids is 1. The topological polar surface area (TPSA) is 109 Å². The van der Waals surface area contributed by atoms with Gasteiger partial charge >= 0.3 is 5.97 Å². The van der Waals surface area contributed by atoms with E-state index in [-0.39, 0.29) is 18.2 Å². The molecule has 0 radical (unpaired) electrons. The zero-order chi connectivity index (χ0) is 16.2. The lowest BCUT2D eigenvalue weighted by molar-refractivity contribution is -0.142. The highest BCUT2D eigenvalue weighted by Crippen LogP contribution is 2.07. The molecule has 0 saturated carbocycles. The van der Waals surface area contributed by atoms with Crippen molar-refractivity contribution in [2.45, 2.75) is 39.8 Å². The van der Waals surface area contributed by atoms with E-state index in [1.807, 2.05) is 13.8 Å². The molecule has 21 heavy (non-hydrogen) atoms. The van der Waals surface area contributed by atoms with Gasteiger partial charge in [0, 0.05) is 11.8 Å². The van der Waals surface area contributed by atoms with Crippen LogP contribution >= 0.6 is 0 Å². The van der Waals surface area contributed by atoms with Gasteiger partial charge in [-0.25, -0.2) is 4.79 Å². The van der Waals surface area contributed by atoms with E-state index in [1.54, 1.807) is 6.92 Å². The Labute approximate surface area is 122 Å². The Morgan fingerprint density at radius 1 is 1.33 bits per heavy atom. The first-order chi connectivity index (χ1) is 9.70. The quantitative estimate of drug-likeness (QED) is 0.707. The summed E-state index contributed by atoms with van der Waals surface area (Å²) in [5, 5.41) is 20.7. The van der Waals surface area contributed by atoms with Crippen molar-refractivity contribution in [3.8, 4) is 5.75 Å². The monoisotopic (exact) mass is 296 g/mol. The molecular weight excluding hydrogens is 276 g/mol. The highest BCUT2D eigenvalue weighted by Gasteiger charge is 2.21. The van der Waals surface area contributed by atoms with E-state index in [2.05, 4.69) is 5.32 Å². The molecule has 116 valence electrons. The summed E-state index contributed by atoms with van der Waals surface area (Å²) in [4.78, 5) is 34.7. The van der Waals surface area contributed by atoms with Gasteiger partial charge in [0.2, 0.25) is 5.91 Å². The highest BCUT2D eigenvalue weighted by atomic mass is 16.4. The molecule has 0 spiro atoms. The van der Waals surface area contributed by atoms with E-state index in [0.717, 1.165) is 6.07 Å². The molecule has 3 N–H and O–H groups in total. The molecule has 1 amide bonds. The van der Waals surface area contributed by atoms with Gasteiger partial charge in [-0.05, 0) is 25.3 Å². The number of rotatable bonds is 6. The first-order valence-corrected chi connectivity index (χ1v) is 6.63. The number of aliphatic carboxylic acids is 1. The van der Waals surface area contributed by atoms with Crippen molar-refractivity contribution in [1.82, 2.24) is 9.88 Å². The van der Waals surface area contributed by atoms with Crippen molar-refractivity contribution in [2.24, 2.45) is 5.92 Å². The van der Waals surface area contributed by atoms with Gasteiger partial charge in [-0.1, -0.05) is 13.8 Å². The van der Waals surface area contributed by atoms with Crippen molar-refractivity contribution >= 4 is 11.9 Å². The number of nitrogens with zero attached hydrogens (tertiary/aromatic N) is 1. The summed E-state index contributed by atoms with van der Waals surface area (Å²) in [6, 6.07) is 1.38. The average molecular weight is 296 g/mol. The normalized spacial score (nSPS) is 12.2. The van der Waals surface area contributed by atoms with Crippen LogP contribution in [0.3, 0.4) is 0 Å². The summed E-state index contributed by atoms with van der Waals surface area (Å²) in [5.74, 6) is -1.72. The summed E-state index contributed by atoms with van der Waals surface area (Å²) in [6.07, 6.45) is 0.310. The van der Waals surface area contributed by atoms with E-state index in [1.165, 1.54) is 10.6 Å². The van der Waals surface area contributed by atoms with Crippen molar-refractivity contribution in [3.05, 3.63) is 28.2 Å². The first-order valence-electron chi connectivity index (χ1n) is 6.63. The molecule has 0 aromatic carbocycles. The summed E-state index contributed by atoms with van der Waals surface area (Å²) >= 11 is 0. The van der Waals surface area contributed by atoms with E-state index >= 15 is 0 Å². The zero-order valence-corrected chi connectivity index (χ0v) is 12.3. The number of aromatic nitrogens is 1. The van der Waals surface area contributed by atoms with Gasteiger partial charge in [-0.15, -0.1) is 0 Å². The predicted molar refractivity (Wildman–Crippen MR) is 76.1 cm³/mol. The van der Waals surface area contributed by atoms with Gasteiger partial charge in [-0.3, -0.25) is 9.59 Å². The second-order valence-electron chi connectivity index (χ2n) is 5.37. The molecule has 1 rings (SSSR count). The van der Waals surface area contributed by atoms with E-state index in [4.69, 9.17) is 5.11 Å². The van der Waals surface area contributed by atoms with Gasteiger partial charge in [0.25, 0.3) is 5.56 Å². The lowest BCUT2D eigenvalue weighted by Crippen LogP contribution is -2.44. The van der Waals surface area contributed by atoms with Crippen LogP contribution in [0.15, 0.2) is 16.9 Å². The zero-order valence-electron chi connectivity index (χ0n) is 12.3. The number of pyridine rings is 1. The van der Waals surface area contributed by atoms with Gasteiger partial charge in [-0.2, -0.15) is 0 Å². The Bertz CT molecular complexity index is 592. The van der Waals surface area contributed by atoms with Crippen LogP contribution in [0.4, 0.5) is 0 Å². The van der Waals surface area contributed by atoms with Gasteiger partial charge in [0.15, 0.2) is 0 Å². The standard InChI is InChI=1S/C14H20N2O5/c1-8(2)4-11(14(20)21)15-12(18)7-16-9(3)5-10(17)6-13(16)19/h5-6,8,11,17H,4,7H2,1-3H3,(H,15,18)(H,20,21)/t11-/m0/s1. The molecule has 0 fully saturated rings. The van der Waals surface area contributed by atoms with E-state index in [9.17, 15) is 19.5 Å². The molecule has 1 heterocycles. The smallest absolute Gasteiger partial charge is 0.326 e. The molecule has 1 aromatic heterocycles. The Balaban J connectivity index is 2.82. The lowest BCUT2D eigenvalue weighted by atomic mass is 10.0. The molecular formula is C14H20N2O5. The van der Waals surface area contributed by atoms with E-state index in [0.29, 0.717) is 12.1 Å². The summed E-state index contributed by atoms with van der Waals surface area (Å²) in [6.45, 7) is 5.01. The fraction of sp³-hybridized carbons (Fsp3) is 0.500. The minimum atomic E-state index is -1.10. The minimum absolute atomic E-state index is 0.115. The van der Waals surface area contributed by atoms with Crippen LogP contribution < -0.4 is 10.9 Å². The highest BCUT2D eigenvalue weighted by molar-refractivity contribution is 5.83. The molecule has 1 atom stereocenters. The average Bonchev–Trinajstić information content (AvgIpc) is 2.32. The van der Waals surface area contributed by atoms with Crippen molar-refractivity contribution in [1.29, 1.82) is 0 Å². The molecule has 7 heteroatoms. The molecule has 0 aliphatic rings. The Morgan fingerprint density at radius 2 is 1.95 bits per heavy atom. The Kier molecular flexibility index (Phi) is 5.52. The maximum Gasteiger partial charge on any atom is 0.326 e. The van der Waals surface area contributed by atoms with Crippen molar-refractivity contribution in [2.75, 3.05) is 0 Å². The van der Waals surface area contributed by atoms with E-state index < -0.39 is 23.5 Å². The van der Waals surface area contributed by atoms with Crippen LogP contribution in [-0.2, 0) is 16.1 Å². The number of aryl methyl sites for hydroxylation is 1. The lowest BCUT2D eigenvalue weighted by Gasteiger charge is -2.17. The Morgan fingerprint density at radius 3 is 2.43 bits per heavy atom. The van der Waals surface area contributed by atoms with Crippen LogP contribution in [-0.4, -0.2) is 32.7 Å². The Hall–Kier alpha value is -2.31. The number of carboxylic acid groups (broad SMARTS) is 1. The molecule has 0 bridgehead atoms. The number of nitrogens with one attached hydrogen (secondary N) is 1. The predicted octanol–water partition coefficient (Wildman–Crippen LogP) is 0.478. The van der Waals surface area contributed by atoms with Crippen molar-refractivity contribution in [3.63, 3.8) is 0 Å². The number of aromatic hydroxyl groups is 1. The molecule has 7 nitrogen and oxygen atoms in total. The molecule has 1 aromatic rings. The van der Waals surface area contributed by atoms with Crippen LogP contribution in [0.5, 0.6) is 5.75 Å². The van der Waals surface area contributed by atoms with Gasteiger partial charge < -0.3 is 20.1 Å². The third-order valence-electron chi connectivity index (χ3n) is 2.96. The summed E-state index contributed by atoms with van der Waals surface area (Å²) in [5.41, 5.74) is -0.0933. The molecule has 0 unspecified atom stereocenters. The second-order valence-corrected chi connectivity index (χ2v) is 5.37. The number of amides is 1. The molecule has 0 aliphatic heterocycles. The minimum Gasteiger partial charge on any atom is -0.508 e. The maximum absolute atomic E-state index is 11.9. The fourth-order valence-corrected chi connectivity index (χ4v) is 1.99. The SMILES string of the molecule is Cc1cc(O)cc(=O)n1CC(=O)N[C@@H](CC(C)C)C(=O)O. The van der Waals surface area contributed by atoms with Crippen LogP contribution in [0.1, 0.15) is 26.0 Å². The summed E-state index contributed by atoms with van der Waals surface area (Å²) < 4.78 is 1.17. The van der Waals surface area contributed by atoms with Gasteiger partial charge in [0.05, 0.1) is 0 Å². The van der Waals surface area contributed by atoms with Crippen LogP contribution in [0.25, 0.3) is 0 Å². The summed E-state index contributed by atoms with van der Waals surface area (Å²) in [7, 11) is 0. The number of hydrogen-bond donors (Lipinski definition) is 3. The first kappa shape index (κ1) is 16.7. The fourth-order valence-electron chi connectivity index (χ4n) is 1.99. The third-order valence-corrected chi connectivity index (χ3v) is 2.96. The second kappa shape index (κ2) is 6.92. The van der Waals surface area contributed by atoms with Crippen LogP contribution in [0, 0.1) is 12.8 Å². The van der Waals surface area contributed by atoms with Crippen LogP contribution in [0.2, 0.25) is 0 Å². The maximum atomic E-state index is 11.9. The van der Waals surface area contributed by atoms with Gasteiger partial charge in [0.1, 0.15) is 18.3 Å². The molecule has 0 aliphatic carbocycles. The largest absolute Gasteiger partial charge is 0.508 e.